The largest absolute Gasteiger partial charge is 0.466 e. The first-order valence-electron chi connectivity index (χ1n) is 5.20. The van der Waals surface area contributed by atoms with Gasteiger partial charge in [-0.15, -0.1) is 0 Å². The maximum absolute atomic E-state index is 11.6. The molecule has 0 unspecified atom stereocenters. The fourth-order valence-corrected chi connectivity index (χ4v) is 1.42. The Morgan fingerprint density at radius 2 is 1.76 bits per heavy atom. The zero-order valence-corrected chi connectivity index (χ0v) is 9.44. The van der Waals surface area contributed by atoms with E-state index in [9.17, 15) is 14.1 Å². The second-order valence-electron chi connectivity index (χ2n) is 3.43. The molecule has 0 N–H and O–H groups in total. The molecule has 0 atom stereocenters. The van der Waals surface area contributed by atoms with Crippen LogP contribution >= 0.6 is 0 Å². The van der Waals surface area contributed by atoms with Crippen molar-refractivity contribution in [2.75, 3.05) is 6.61 Å². The Morgan fingerprint density at radius 3 is 2.29 bits per heavy atom. The highest BCUT2D eigenvalue weighted by atomic mass is 19.3. The monoisotopic (exact) mass is 240 g/mol. The number of hydrogen-bond acceptors (Lipinski definition) is 4. The lowest BCUT2D eigenvalue weighted by Crippen LogP contribution is -2.08. The maximum Gasteiger partial charge on any atom is 0.353 e. The van der Waals surface area contributed by atoms with Crippen molar-refractivity contribution < 1.29 is 23.8 Å². The Balaban J connectivity index is 2.65. The average Bonchev–Trinajstić information content (AvgIpc) is 2.29. The molecule has 0 aliphatic rings. The summed E-state index contributed by atoms with van der Waals surface area (Å²) in [5, 5.41) is 0. The molecule has 1 rings (SSSR count). The summed E-state index contributed by atoms with van der Waals surface area (Å²) in [6.45, 7) is 2.05. The van der Waals surface area contributed by atoms with Crippen LogP contribution in [0.3, 0.4) is 0 Å². The second-order valence-corrected chi connectivity index (χ2v) is 3.43. The Hall–Kier alpha value is -1.91. The number of hydrogen-bond donors (Lipinski definition) is 0. The van der Waals surface area contributed by atoms with Crippen molar-refractivity contribution in [3.05, 3.63) is 35.4 Å². The SMILES string of the molecule is CCOC(=O)Cc1cccc(CC(=O)OF)c1. The molecule has 1 aromatic rings. The third-order valence-corrected chi connectivity index (χ3v) is 2.08. The minimum absolute atomic E-state index is 0.131. The quantitative estimate of drug-likeness (QED) is 0.736. The molecule has 4 nitrogen and oxygen atoms in total. The topological polar surface area (TPSA) is 52.6 Å². The molecule has 0 aromatic heterocycles. The van der Waals surface area contributed by atoms with Crippen LogP contribution in [0.15, 0.2) is 24.3 Å². The lowest BCUT2D eigenvalue weighted by molar-refractivity contribution is -0.182. The molecular formula is C12H13FO4. The van der Waals surface area contributed by atoms with Crippen molar-refractivity contribution in [1.82, 2.24) is 0 Å². The molecule has 17 heavy (non-hydrogen) atoms. The number of carbonyl (C=O) groups excluding carboxylic acids is 2. The first-order valence-corrected chi connectivity index (χ1v) is 5.20. The van der Waals surface area contributed by atoms with Crippen molar-refractivity contribution >= 4 is 11.9 Å². The summed E-state index contributed by atoms with van der Waals surface area (Å²) < 4.78 is 16.4. The van der Waals surface area contributed by atoms with Gasteiger partial charge in [-0.25, -0.2) is 4.79 Å². The van der Waals surface area contributed by atoms with Gasteiger partial charge < -0.3 is 4.74 Å². The van der Waals surface area contributed by atoms with Crippen LogP contribution in [0, 0.1) is 0 Å². The van der Waals surface area contributed by atoms with Crippen molar-refractivity contribution in [3.8, 4) is 0 Å². The zero-order chi connectivity index (χ0) is 12.7. The normalized spacial score (nSPS) is 9.76. The maximum atomic E-state index is 11.6. The lowest BCUT2D eigenvalue weighted by Gasteiger charge is -2.04. The third kappa shape index (κ3) is 4.63. The molecule has 1 aromatic carbocycles. The van der Waals surface area contributed by atoms with E-state index < -0.39 is 5.97 Å². The predicted octanol–water partition coefficient (Wildman–Crippen LogP) is 1.76. The molecule has 0 aliphatic carbocycles. The van der Waals surface area contributed by atoms with E-state index in [-0.39, 0.29) is 18.8 Å². The summed E-state index contributed by atoms with van der Waals surface area (Å²) in [7, 11) is 0. The molecular weight excluding hydrogens is 227 g/mol. The van der Waals surface area contributed by atoms with Gasteiger partial charge >= 0.3 is 11.9 Å². The highest BCUT2D eigenvalue weighted by Crippen LogP contribution is 2.08. The number of esters is 1. The average molecular weight is 240 g/mol. The Bertz CT molecular complexity index is 403. The zero-order valence-electron chi connectivity index (χ0n) is 9.44. The van der Waals surface area contributed by atoms with Crippen molar-refractivity contribution in [1.29, 1.82) is 0 Å². The number of halogens is 1. The summed E-state index contributed by atoms with van der Waals surface area (Å²) >= 11 is 0. The van der Waals surface area contributed by atoms with Crippen molar-refractivity contribution in [2.45, 2.75) is 19.8 Å². The van der Waals surface area contributed by atoms with E-state index in [0.29, 0.717) is 17.7 Å². The van der Waals surface area contributed by atoms with Crippen LogP contribution < -0.4 is 0 Å². The fraction of sp³-hybridized carbons (Fsp3) is 0.333. The van der Waals surface area contributed by atoms with Gasteiger partial charge in [0.2, 0.25) is 0 Å². The summed E-state index contributed by atoms with van der Waals surface area (Å²) in [5.74, 6) is -1.30. The minimum Gasteiger partial charge on any atom is -0.466 e. The van der Waals surface area contributed by atoms with Gasteiger partial charge in [0, 0.05) is 4.53 Å². The molecule has 0 aliphatic heterocycles. The Labute approximate surface area is 98.2 Å². The van der Waals surface area contributed by atoms with E-state index in [1.165, 1.54) is 0 Å². The van der Waals surface area contributed by atoms with Gasteiger partial charge in [-0.3, -0.25) is 9.74 Å². The van der Waals surface area contributed by atoms with Crippen LogP contribution in [0.4, 0.5) is 4.53 Å². The van der Waals surface area contributed by atoms with E-state index in [2.05, 4.69) is 4.94 Å². The third-order valence-electron chi connectivity index (χ3n) is 2.08. The summed E-state index contributed by atoms with van der Waals surface area (Å²) in [4.78, 5) is 25.0. The van der Waals surface area contributed by atoms with Gasteiger partial charge in [0.15, 0.2) is 0 Å². The first kappa shape index (κ1) is 13.2. The van der Waals surface area contributed by atoms with Crippen LogP contribution in [0.25, 0.3) is 0 Å². The summed E-state index contributed by atoms with van der Waals surface area (Å²) in [5.41, 5.74) is 1.31. The van der Waals surface area contributed by atoms with Gasteiger partial charge in [-0.2, -0.15) is 0 Å². The van der Waals surface area contributed by atoms with E-state index in [0.717, 1.165) is 0 Å². The molecule has 0 radical (unpaired) electrons. The smallest absolute Gasteiger partial charge is 0.353 e. The standard InChI is InChI=1S/C12H13FO4/c1-2-16-11(14)7-9-4-3-5-10(6-9)8-12(15)17-13/h3-6H,2,7-8H2,1H3. The molecule has 92 valence electrons. The number of benzene rings is 1. The molecule has 0 saturated carbocycles. The van der Waals surface area contributed by atoms with Gasteiger partial charge in [0.05, 0.1) is 19.4 Å². The van der Waals surface area contributed by atoms with Crippen LogP contribution in [-0.2, 0) is 32.1 Å². The van der Waals surface area contributed by atoms with Crippen LogP contribution in [0.1, 0.15) is 18.1 Å². The number of carbonyl (C=O) groups is 2. The Kier molecular flexibility index (Phi) is 5.13. The molecule has 0 saturated heterocycles. The van der Waals surface area contributed by atoms with Gasteiger partial charge in [-0.1, -0.05) is 24.3 Å². The van der Waals surface area contributed by atoms with Crippen LogP contribution in [0.2, 0.25) is 0 Å². The first-order chi connectivity index (χ1) is 8.15. The molecule has 0 heterocycles. The van der Waals surface area contributed by atoms with Gasteiger partial charge in [0.25, 0.3) is 0 Å². The van der Waals surface area contributed by atoms with Crippen LogP contribution in [-0.4, -0.2) is 18.5 Å². The Morgan fingerprint density at radius 1 is 1.18 bits per heavy atom. The second kappa shape index (κ2) is 6.62. The molecule has 0 amide bonds. The lowest BCUT2D eigenvalue weighted by atomic mass is 10.1. The van der Waals surface area contributed by atoms with E-state index in [1.54, 1.807) is 31.2 Å². The van der Waals surface area contributed by atoms with E-state index in [4.69, 9.17) is 4.74 Å². The number of rotatable bonds is 5. The molecule has 0 spiro atoms. The van der Waals surface area contributed by atoms with Crippen LogP contribution in [0.5, 0.6) is 0 Å². The highest BCUT2D eigenvalue weighted by molar-refractivity contribution is 5.74. The highest BCUT2D eigenvalue weighted by Gasteiger charge is 2.08. The molecule has 0 fully saturated rings. The fourth-order valence-electron chi connectivity index (χ4n) is 1.42. The van der Waals surface area contributed by atoms with Crippen molar-refractivity contribution in [2.24, 2.45) is 0 Å². The molecule has 5 heteroatoms. The van der Waals surface area contributed by atoms with Gasteiger partial charge in [-0.05, 0) is 18.1 Å². The molecule has 0 bridgehead atoms. The number of ether oxygens (including phenoxy) is 1. The van der Waals surface area contributed by atoms with Gasteiger partial charge in [0.1, 0.15) is 0 Å². The van der Waals surface area contributed by atoms with Crippen molar-refractivity contribution in [3.63, 3.8) is 0 Å². The predicted molar refractivity (Wildman–Crippen MR) is 57.7 cm³/mol. The van der Waals surface area contributed by atoms with E-state index in [1.807, 2.05) is 0 Å². The summed E-state index contributed by atoms with van der Waals surface area (Å²) in [6, 6.07) is 6.73. The summed E-state index contributed by atoms with van der Waals surface area (Å²) in [6.07, 6.45) is -0.0283. The minimum atomic E-state index is -0.960. The van der Waals surface area contributed by atoms with E-state index >= 15 is 0 Å².